The van der Waals surface area contributed by atoms with E-state index in [9.17, 15) is 5.26 Å². The van der Waals surface area contributed by atoms with Crippen LogP contribution in [0.4, 0.5) is 0 Å². The van der Waals surface area contributed by atoms with Gasteiger partial charge in [-0.25, -0.2) is 0 Å². The van der Waals surface area contributed by atoms with Gasteiger partial charge in [0, 0.05) is 11.1 Å². The number of hydrogen-bond acceptors (Lipinski definition) is 6. The van der Waals surface area contributed by atoms with Crippen molar-refractivity contribution >= 4 is 0 Å². The van der Waals surface area contributed by atoms with Crippen molar-refractivity contribution in [1.82, 2.24) is 10.2 Å². The Labute approximate surface area is 171 Å². The molecule has 2 heterocycles. The number of aromatic nitrogens is 2. The summed E-state index contributed by atoms with van der Waals surface area (Å²) in [7, 11) is 1.61. The third kappa shape index (κ3) is 3.88. The molecule has 1 aliphatic rings. The minimum atomic E-state index is -0.407. The fraction of sp³-hybridized carbons (Fsp3) is 0.455. The van der Waals surface area contributed by atoms with Crippen LogP contribution in [-0.2, 0) is 5.41 Å². The molecule has 0 fully saturated rings. The van der Waals surface area contributed by atoms with Crippen LogP contribution in [-0.4, -0.2) is 23.9 Å². The predicted molar refractivity (Wildman–Crippen MR) is 110 cm³/mol. The first-order chi connectivity index (χ1) is 13.8. The monoisotopic (exact) mass is 396 g/mol. The zero-order valence-corrected chi connectivity index (χ0v) is 17.6. The Morgan fingerprint density at radius 2 is 2.07 bits per heavy atom. The highest BCUT2D eigenvalue weighted by molar-refractivity contribution is 5.58. The van der Waals surface area contributed by atoms with E-state index in [1.54, 1.807) is 7.11 Å². The minimum absolute atomic E-state index is 0.0687. The second-order valence-corrected chi connectivity index (χ2v) is 8.10. The zero-order chi connectivity index (χ0) is 21.2. The average Bonchev–Trinajstić information content (AvgIpc) is 3.11. The Morgan fingerprint density at radius 1 is 1.31 bits per heavy atom. The van der Waals surface area contributed by atoms with Gasteiger partial charge in [-0.05, 0) is 24.1 Å². The molecule has 29 heavy (non-hydrogen) atoms. The maximum Gasteiger partial charge on any atom is 0.244 e. The molecular formula is C22H28N4O3. The summed E-state index contributed by atoms with van der Waals surface area (Å²) in [6.45, 7) is 8.98. The molecule has 0 aliphatic carbocycles. The van der Waals surface area contributed by atoms with Gasteiger partial charge < -0.3 is 19.9 Å². The van der Waals surface area contributed by atoms with Gasteiger partial charge in [0.05, 0.1) is 25.2 Å². The van der Waals surface area contributed by atoms with E-state index < -0.39 is 5.92 Å². The molecule has 0 unspecified atom stereocenters. The molecule has 1 aromatic carbocycles. The number of nitrogens with zero attached hydrogens (tertiary/aromatic N) is 2. The minimum Gasteiger partial charge on any atom is -0.493 e. The van der Waals surface area contributed by atoms with Gasteiger partial charge in [-0.1, -0.05) is 40.2 Å². The molecule has 7 nitrogen and oxygen atoms in total. The molecular weight excluding hydrogens is 368 g/mol. The van der Waals surface area contributed by atoms with Crippen molar-refractivity contribution in [1.29, 1.82) is 5.26 Å². The van der Waals surface area contributed by atoms with E-state index in [1.807, 2.05) is 18.2 Å². The number of rotatable bonds is 6. The van der Waals surface area contributed by atoms with Gasteiger partial charge in [0.2, 0.25) is 11.8 Å². The standard InChI is InChI=1S/C22H28N4O3/c1-6-7-10-28-15-9-8-13(11-16(15)27-5)17-14(12-23)20(24)29-21-18(17)19(25-26-21)22(2,3)4/h8-9,11,17H,6-7,10,24H2,1-5H3,(H,25,26)/t17-/m0/s1. The molecule has 1 atom stereocenters. The molecule has 7 heteroatoms. The molecule has 1 aliphatic heterocycles. The first-order valence-corrected chi connectivity index (χ1v) is 9.78. The lowest BCUT2D eigenvalue weighted by atomic mass is 9.79. The number of allylic oxidation sites excluding steroid dienone is 1. The fourth-order valence-electron chi connectivity index (χ4n) is 3.46. The summed E-state index contributed by atoms with van der Waals surface area (Å²) in [5.41, 5.74) is 8.78. The van der Waals surface area contributed by atoms with E-state index in [1.165, 1.54) is 0 Å². The lowest BCUT2D eigenvalue weighted by Gasteiger charge is -2.27. The average molecular weight is 396 g/mol. The van der Waals surface area contributed by atoms with Crippen LogP contribution < -0.4 is 19.9 Å². The Hall–Kier alpha value is -3.14. The fourth-order valence-corrected chi connectivity index (χ4v) is 3.46. The van der Waals surface area contributed by atoms with Gasteiger partial charge in [0.25, 0.3) is 0 Å². The number of H-pyrrole nitrogens is 1. The first kappa shape index (κ1) is 20.6. The Morgan fingerprint density at radius 3 is 2.69 bits per heavy atom. The highest BCUT2D eigenvalue weighted by Gasteiger charge is 2.38. The van der Waals surface area contributed by atoms with Crippen molar-refractivity contribution in [2.75, 3.05) is 13.7 Å². The Kier molecular flexibility index (Phi) is 5.73. The van der Waals surface area contributed by atoms with Gasteiger partial charge in [0.1, 0.15) is 11.6 Å². The van der Waals surface area contributed by atoms with Gasteiger partial charge in [-0.2, -0.15) is 5.26 Å². The van der Waals surface area contributed by atoms with Gasteiger partial charge >= 0.3 is 0 Å². The SMILES string of the molecule is CCCCOc1ccc([C@H]2C(C#N)=C(N)Oc3n[nH]c(C(C)(C)C)c32)cc1OC. The number of hydrogen-bond donors (Lipinski definition) is 2. The van der Waals surface area contributed by atoms with Crippen molar-refractivity contribution in [3.8, 4) is 23.4 Å². The van der Waals surface area contributed by atoms with Crippen LogP contribution in [0.2, 0.25) is 0 Å². The number of unbranched alkanes of at least 4 members (excludes halogenated alkanes) is 1. The van der Waals surface area contributed by atoms with Crippen LogP contribution in [0.5, 0.6) is 17.4 Å². The third-order valence-electron chi connectivity index (χ3n) is 4.97. The van der Waals surface area contributed by atoms with E-state index in [2.05, 4.69) is 44.0 Å². The Bertz CT molecular complexity index is 963. The second kappa shape index (κ2) is 8.08. The normalized spacial score (nSPS) is 16.1. The highest BCUT2D eigenvalue weighted by atomic mass is 16.5. The number of methoxy groups -OCH3 is 1. The molecule has 1 aromatic heterocycles. The quantitative estimate of drug-likeness (QED) is 0.712. The van der Waals surface area contributed by atoms with Crippen LogP contribution in [0.25, 0.3) is 0 Å². The number of nitrogens with two attached hydrogens (primary N) is 1. The summed E-state index contributed by atoms with van der Waals surface area (Å²) < 4.78 is 17.1. The number of ether oxygens (including phenoxy) is 3. The van der Waals surface area contributed by atoms with E-state index in [-0.39, 0.29) is 11.3 Å². The Balaban J connectivity index is 2.12. The van der Waals surface area contributed by atoms with E-state index in [4.69, 9.17) is 19.9 Å². The van der Waals surface area contributed by atoms with Crippen molar-refractivity contribution in [3.63, 3.8) is 0 Å². The molecule has 0 amide bonds. The molecule has 0 bridgehead atoms. The van der Waals surface area contributed by atoms with E-state index >= 15 is 0 Å². The maximum absolute atomic E-state index is 9.82. The van der Waals surface area contributed by atoms with Crippen LogP contribution in [0.1, 0.15) is 63.3 Å². The van der Waals surface area contributed by atoms with E-state index in [0.717, 1.165) is 29.7 Å². The lowest BCUT2D eigenvalue weighted by molar-refractivity contribution is 0.288. The van der Waals surface area contributed by atoms with Crippen LogP contribution >= 0.6 is 0 Å². The third-order valence-corrected chi connectivity index (χ3v) is 4.97. The van der Waals surface area contributed by atoms with Crippen molar-refractivity contribution in [2.24, 2.45) is 5.73 Å². The molecule has 3 N–H and O–H groups in total. The first-order valence-electron chi connectivity index (χ1n) is 9.78. The number of aromatic amines is 1. The van der Waals surface area contributed by atoms with E-state index in [0.29, 0.717) is 29.6 Å². The molecule has 0 saturated carbocycles. The summed E-state index contributed by atoms with van der Waals surface area (Å²) >= 11 is 0. The summed E-state index contributed by atoms with van der Waals surface area (Å²) in [4.78, 5) is 0. The van der Waals surface area contributed by atoms with Crippen molar-refractivity contribution < 1.29 is 14.2 Å². The predicted octanol–water partition coefficient (Wildman–Crippen LogP) is 4.11. The molecule has 0 radical (unpaired) electrons. The molecule has 0 saturated heterocycles. The largest absolute Gasteiger partial charge is 0.493 e. The van der Waals surface area contributed by atoms with Crippen LogP contribution in [0, 0.1) is 11.3 Å². The van der Waals surface area contributed by atoms with Gasteiger partial charge in [-0.15, -0.1) is 5.10 Å². The highest BCUT2D eigenvalue weighted by Crippen LogP contribution is 2.46. The number of nitrogens with one attached hydrogen (secondary N) is 1. The summed E-state index contributed by atoms with van der Waals surface area (Å²) in [6, 6.07) is 7.93. The maximum atomic E-state index is 9.82. The van der Waals surface area contributed by atoms with Gasteiger partial charge in [-0.3, -0.25) is 5.10 Å². The van der Waals surface area contributed by atoms with Crippen LogP contribution in [0.3, 0.4) is 0 Å². The topological polar surface area (TPSA) is 106 Å². The zero-order valence-electron chi connectivity index (χ0n) is 17.6. The molecule has 3 rings (SSSR count). The van der Waals surface area contributed by atoms with Crippen molar-refractivity contribution in [2.45, 2.75) is 51.9 Å². The summed E-state index contributed by atoms with van der Waals surface area (Å²) in [6.07, 6.45) is 2.02. The molecule has 2 aromatic rings. The second-order valence-electron chi connectivity index (χ2n) is 8.10. The number of benzene rings is 1. The van der Waals surface area contributed by atoms with Crippen LogP contribution in [0.15, 0.2) is 29.7 Å². The number of fused-ring (bicyclic) bond motifs is 1. The lowest BCUT2D eigenvalue weighted by Crippen LogP contribution is -2.24. The summed E-state index contributed by atoms with van der Waals surface area (Å²) in [5.74, 6) is 1.35. The molecule has 0 spiro atoms. The van der Waals surface area contributed by atoms with Gasteiger partial charge in [0.15, 0.2) is 11.5 Å². The van der Waals surface area contributed by atoms with Crippen molar-refractivity contribution in [3.05, 3.63) is 46.5 Å². The number of nitriles is 1. The summed E-state index contributed by atoms with van der Waals surface area (Å²) in [5, 5.41) is 17.2. The molecule has 154 valence electrons. The smallest absolute Gasteiger partial charge is 0.244 e.